The molecule has 180 valence electrons. The molecule has 0 aliphatic rings. The average molecular weight is 463 g/mol. The minimum atomic E-state index is -0.592. The van der Waals surface area contributed by atoms with Gasteiger partial charge in [0.25, 0.3) is 0 Å². The summed E-state index contributed by atoms with van der Waals surface area (Å²) in [5.41, 5.74) is 5.19. The lowest BCUT2D eigenvalue weighted by Gasteiger charge is -2.22. The van der Waals surface area contributed by atoms with Gasteiger partial charge in [0.05, 0.1) is 5.52 Å². The van der Waals surface area contributed by atoms with Crippen molar-refractivity contribution in [3.05, 3.63) is 59.3 Å². The molecule has 1 heterocycles. The Labute approximate surface area is 201 Å². The highest BCUT2D eigenvalue weighted by Crippen LogP contribution is 2.36. The zero-order chi connectivity index (χ0) is 25.0. The Morgan fingerprint density at radius 2 is 1.74 bits per heavy atom. The van der Waals surface area contributed by atoms with Gasteiger partial charge in [0.15, 0.2) is 0 Å². The van der Waals surface area contributed by atoms with E-state index in [2.05, 4.69) is 43.4 Å². The minimum absolute atomic E-state index is 0.265. The van der Waals surface area contributed by atoms with Crippen molar-refractivity contribution < 1.29 is 19.1 Å². The Bertz CT molecular complexity index is 1190. The fourth-order valence-electron chi connectivity index (χ4n) is 3.83. The first-order valence-electron chi connectivity index (χ1n) is 11.6. The van der Waals surface area contributed by atoms with Crippen LogP contribution in [0.25, 0.3) is 22.0 Å². The van der Waals surface area contributed by atoms with Gasteiger partial charge in [0, 0.05) is 30.1 Å². The van der Waals surface area contributed by atoms with E-state index in [9.17, 15) is 9.59 Å². The summed E-state index contributed by atoms with van der Waals surface area (Å²) in [6.45, 7) is 13.5. The van der Waals surface area contributed by atoms with Gasteiger partial charge >= 0.3 is 12.1 Å². The van der Waals surface area contributed by atoms with Crippen molar-refractivity contribution in [3.63, 3.8) is 0 Å². The number of rotatable bonds is 6. The van der Waals surface area contributed by atoms with Gasteiger partial charge < -0.3 is 14.8 Å². The number of amides is 1. The molecular weight excluding hydrogens is 428 g/mol. The monoisotopic (exact) mass is 462 g/mol. The first-order valence-corrected chi connectivity index (χ1v) is 11.6. The Kier molecular flexibility index (Phi) is 7.60. The summed E-state index contributed by atoms with van der Waals surface area (Å²) in [5.74, 6) is 0.446. The molecule has 34 heavy (non-hydrogen) atoms. The first-order chi connectivity index (χ1) is 15.9. The van der Waals surface area contributed by atoms with E-state index in [1.54, 1.807) is 6.07 Å². The summed E-state index contributed by atoms with van der Waals surface area (Å²) in [6.07, 6.45) is 0.276. The van der Waals surface area contributed by atoms with E-state index >= 15 is 0 Å². The van der Waals surface area contributed by atoms with Gasteiger partial charge in [-0.3, -0.25) is 9.78 Å². The summed E-state index contributed by atoms with van der Waals surface area (Å²) in [4.78, 5) is 29.0. The van der Waals surface area contributed by atoms with Crippen molar-refractivity contribution >= 4 is 23.0 Å². The molecule has 3 aromatic rings. The maximum Gasteiger partial charge on any atom is 0.407 e. The van der Waals surface area contributed by atoms with Gasteiger partial charge in [-0.25, -0.2) is 4.79 Å². The lowest BCUT2D eigenvalue weighted by atomic mass is 9.91. The highest BCUT2D eigenvalue weighted by atomic mass is 16.6. The van der Waals surface area contributed by atoms with Gasteiger partial charge in [0.1, 0.15) is 11.4 Å². The third kappa shape index (κ3) is 6.56. The van der Waals surface area contributed by atoms with Crippen LogP contribution < -0.4 is 10.1 Å². The van der Waals surface area contributed by atoms with Crippen LogP contribution in [0.4, 0.5) is 4.79 Å². The molecule has 2 aromatic carbocycles. The van der Waals surface area contributed by atoms with Crippen LogP contribution in [0.2, 0.25) is 0 Å². The summed E-state index contributed by atoms with van der Waals surface area (Å²) >= 11 is 0. The molecule has 0 aliphatic carbocycles. The molecule has 6 nitrogen and oxygen atoms in total. The van der Waals surface area contributed by atoms with Crippen molar-refractivity contribution in [2.75, 3.05) is 0 Å². The first kappa shape index (κ1) is 25.2. The molecule has 1 N–H and O–H groups in total. The number of carbonyl (C=O) groups is 2. The number of pyridine rings is 1. The van der Waals surface area contributed by atoms with Gasteiger partial charge in [-0.05, 0) is 69.4 Å². The molecule has 0 saturated heterocycles. The van der Waals surface area contributed by atoms with Crippen molar-refractivity contribution in [2.45, 2.75) is 67.0 Å². The Hall–Kier alpha value is -3.41. The zero-order valence-corrected chi connectivity index (χ0v) is 21.1. The quantitative estimate of drug-likeness (QED) is 0.341. The largest absolute Gasteiger partial charge is 0.444 e. The molecule has 6 heteroatoms. The van der Waals surface area contributed by atoms with Crippen LogP contribution in [0.1, 0.15) is 58.4 Å². The fraction of sp³-hybridized carbons (Fsp3) is 0.393. The van der Waals surface area contributed by atoms with Gasteiger partial charge in [0.2, 0.25) is 0 Å². The van der Waals surface area contributed by atoms with Crippen LogP contribution >= 0.6 is 0 Å². The molecule has 0 bridgehead atoms. The van der Waals surface area contributed by atoms with E-state index in [0.717, 1.165) is 45.3 Å². The highest BCUT2D eigenvalue weighted by molar-refractivity contribution is 5.98. The third-order valence-corrected chi connectivity index (χ3v) is 5.15. The number of aryl methyl sites for hydroxylation is 1. The summed E-state index contributed by atoms with van der Waals surface area (Å²) in [6, 6.07) is 13.7. The van der Waals surface area contributed by atoms with Crippen molar-refractivity contribution in [1.82, 2.24) is 10.3 Å². The number of nitrogens with zero attached hydrogens (tertiary/aromatic N) is 1. The van der Waals surface area contributed by atoms with Crippen LogP contribution in [0.3, 0.4) is 0 Å². The number of carbonyl (C=O) groups excluding carboxylic acids is 2. The lowest BCUT2D eigenvalue weighted by Crippen LogP contribution is -2.32. The van der Waals surface area contributed by atoms with Crippen molar-refractivity contribution in [3.8, 4) is 16.9 Å². The van der Waals surface area contributed by atoms with Crippen molar-refractivity contribution in [1.29, 1.82) is 0 Å². The lowest BCUT2D eigenvalue weighted by molar-refractivity contribution is -0.131. The van der Waals surface area contributed by atoms with E-state index in [4.69, 9.17) is 14.5 Å². The smallest absolute Gasteiger partial charge is 0.407 e. The number of alkyl carbamates (subject to hydrolysis) is 1. The van der Waals surface area contributed by atoms with Crippen LogP contribution in [0.15, 0.2) is 42.5 Å². The fourth-order valence-corrected chi connectivity index (χ4v) is 3.83. The molecule has 0 spiro atoms. The van der Waals surface area contributed by atoms with E-state index in [0.29, 0.717) is 11.7 Å². The van der Waals surface area contributed by atoms with Crippen LogP contribution in [-0.2, 0) is 22.5 Å². The number of aromatic nitrogens is 1. The topological polar surface area (TPSA) is 77.5 Å². The molecule has 0 radical (unpaired) electrons. The minimum Gasteiger partial charge on any atom is -0.444 e. The molecular formula is C28H34N2O4. The second-order valence-corrected chi connectivity index (χ2v) is 10.0. The predicted molar refractivity (Wildman–Crippen MR) is 135 cm³/mol. The Balaban J connectivity index is 2.22. The Morgan fingerprint density at radius 3 is 2.32 bits per heavy atom. The van der Waals surface area contributed by atoms with E-state index in [1.165, 1.54) is 6.92 Å². The average Bonchev–Trinajstić information content (AvgIpc) is 2.71. The molecule has 0 atom stereocenters. The van der Waals surface area contributed by atoms with Crippen molar-refractivity contribution in [2.24, 2.45) is 5.92 Å². The zero-order valence-electron chi connectivity index (χ0n) is 21.1. The molecule has 0 aliphatic heterocycles. The van der Waals surface area contributed by atoms with E-state index in [1.807, 2.05) is 39.8 Å². The number of hydrogen-bond donors (Lipinski definition) is 1. The second-order valence-electron chi connectivity index (χ2n) is 10.0. The predicted octanol–water partition coefficient (Wildman–Crippen LogP) is 6.36. The van der Waals surface area contributed by atoms with E-state index < -0.39 is 11.7 Å². The maximum atomic E-state index is 12.5. The SMILES string of the molecule is CC(=O)Oc1ccc2nc(CC(C)C)c(CNC(=O)OC(C)(C)C)c(-c3ccc(C)cc3)c2c1. The van der Waals surface area contributed by atoms with Crippen LogP contribution in [0.5, 0.6) is 5.75 Å². The molecule has 1 amide bonds. The second kappa shape index (κ2) is 10.2. The number of benzene rings is 2. The maximum absolute atomic E-state index is 12.5. The number of esters is 1. The molecule has 3 rings (SSSR count). The molecule has 0 fully saturated rings. The van der Waals surface area contributed by atoms with Gasteiger partial charge in [-0.2, -0.15) is 0 Å². The third-order valence-electron chi connectivity index (χ3n) is 5.15. The molecule has 1 aromatic heterocycles. The summed E-state index contributed by atoms with van der Waals surface area (Å²) in [7, 11) is 0. The number of fused-ring (bicyclic) bond motifs is 1. The number of ether oxygens (including phenoxy) is 2. The van der Waals surface area contributed by atoms with Crippen LogP contribution in [0, 0.1) is 12.8 Å². The molecule has 0 saturated carbocycles. The summed E-state index contributed by atoms with van der Waals surface area (Å²) < 4.78 is 10.8. The normalized spacial score (nSPS) is 11.5. The van der Waals surface area contributed by atoms with E-state index in [-0.39, 0.29) is 12.5 Å². The molecule has 0 unspecified atom stereocenters. The van der Waals surface area contributed by atoms with Gasteiger partial charge in [-0.1, -0.05) is 43.7 Å². The summed E-state index contributed by atoms with van der Waals surface area (Å²) in [5, 5.41) is 3.77. The van der Waals surface area contributed by atoms with Crippen LogP contribution in [-0.4, -0.2) is 22.6 Å². The Morgan fingerprint density at radius 1 is 1.06 bits per heavy atom. The number of hydrogen-bond acceptors (Lipinski definition) is 5. The van der Waals surface area contributed by atoms with Gasteiger partial charge in [-0.15, -0.1) is 0 Å². The number of nitrogens with one attached hydrogen (secondary N) is 1. The standard InChI is InChI=1S/C28H34N2O4/c1-17(2)14-25-23(16-29-27(32)34-28(5,6)7)26(20-10-8-18(3)9-11-20)22-15-21(33-19(4)31)12-13-24(22)30-25/h8-13,15,17H,14,16H2,1-7H3,(H,29,32). The highest BCUT2D eigenvalue weighted by Gasteiger charge is 2.21.